The summed E-state index contributed by atoms with van der Waals surface area (Å²) in [6.07, 6.45) is -0.894. The molecule has 1 amide bonds. The molecule has 4 rings (SSSR count). The van der Waals surface area contributed by atoms with Crippen molar-refractivity contribution in [3.05, 3.63) is 70.3 Å². The quantitative estimate of drug-likeness (QED) is 0.513. The number of carbonyl (C=O) groups is 1. The fourth-order valence-electron chi connectivity index (χ4n) is 3.89. The first kappa shape index (κ1) is 23.1. The van der Waals surface area contributed by atoms with E-state index in [0.29, 0.717) is 11.3 Å². The lowest BCUT2D eigenvalue weighted by molar-refractivity contribution is 0.206. The first-order chi connectivity index (χ1) is 15.8. The molecule has 0 bridgehead atoms. The van der Waals surface area contributed by atoms with Gasteiger partial charge in [-0.2, -0.15) is 0 Å². The van der Waals surface area contributed by atoms with E-state index in [-0.39, 0.29) is 16.2 Å². The molecule has 2 aromatic carbocycles. The summed E-state index contributed by atoms with van der Waals surface area (Å²) in [4.78, 5) is 17.0. The molecule has 1 aromatic heterocycles. The van der Waals surface area contributed by atoms with Gasteiger partial charge in [-0.15, -0.1) is 15.6 Å². The van der Waals surface area contributed by atoms with Gasteiger partial charge in [-0.1, -0.05) is 30.3 Å². The van der Waals surface area contributed by atoms with Crippen molar-refractivity contribution in [2.45, 2.75) is 30.8 Å². The van der Waals surface area contributed by atoms with Gasteiger partial charge in [0.25, 0.3) is 10.0 Å². The van der Waals surface area contributed by atoms with Gasteiger partial charge in [-0.25, -0.2) is 22.6 Å². The number of amides is 1. The maximum absolute atomic E-state index is 15.0. The van der Waals surface area contributed by atoms with Crippen LogP contribution in [-0.2, 0) is 16.6 Å². The third kappa shape index (κ3) is 5.00. The third-order valence-electron chi connectivity index (χ3n) is 5.48. The van der Waals surface area contributed by atoms with E-state index < -0.39 is 26.8 Å². The second kappa shape index (κ2) is 9.46. The average Bonchev–Trinajstić information content (AvgIpc) is 3.43. The highest BCUT2D eigenvalue weighted by molar-refractivity contribution is 7.93. The lowest BCUT2D eigenvalue weighted by Crippen LogP contribution is -2.36. The summed E-state index contributed by atoms with van der Waals surface area (Å²) in [5.74, 6) is -1.32. The third-order valence-corrected chi connectivity index (χ3v) is 7.75. The van der Waals surface area contributed by atoms with Gasteiger partial charge in [0.1, 0.15) is 10.7 Å². The van der Waals surface area contributed by atoms with Crippen molar-refractivity contribution in [1.29, 1.82) is 0 Å². The van der Waals surface area contributed by atoms with Gasteiger partial charge < -0.3 is 10.4 Å². The van der Waals surface area contributed by atoms with Crippen LogP contribution in [-0.4, -0.2) is 48.6 Å². The Hall–Kier alpha value is -3.02. The molecule has 1 aliphatic heterocycles. The van der Waals surface area contributed by atoms with Gasteiger partial charge in [0.05, 0.1) is 5.51 Å². The van der Waals surface area contributed by atoms with Gasteiger partial charge in [0, 0.05) is 36.7 Å². The number of carboxylic acid groups (broad SMARTS) is 1. The minimum absolute atomic E-state index is 0.0831. The molecule has 0 spiro atoms. The fraction of sp³-hybridized carbons (Fsp3) is 0.273. The highest BCUT2D eigenvalue weighted by atomic mass is 32.2. The molecule has 1 unspecified atom stereocenters. The Bertz CT molecular complexity index is 1240. The summed E-state index contributed by atoms with van der Waals surface area (Å²) in [5, 5.41) is 14.0. The van der Waals surface area contributed by atoms with E-state index in [1.54, 1.807) is 6.92 Å². The monoisotopic (exact) mass is 490 g/mol. The molecule has 11 heteroatoms. The van der Waals surface area contributed by atoms with Crippen LogP contribution in [0.5, 0.6) is 0 Å². The van der Waals surface area contributed by atoms with E-state index in [2.05, 4.69) is 27.3 Å². The van der Waals surface area contributed by atoms with Crippen LogP contribution < -0.4 is 9.62 Å². The van der Waals surface area contributed by atoms with Crippen molar-refractivity contribution in [2.75, 3.05) is 22.7 Å². The van der Waals surface area contributed by atoms with E-state index in [1.807, 2.05) is 18.2 Å². The fourth-order valence-corrected chi connectivity index (χ4v) is 5.86. The first-order valence-electron chi connectivity index (χ1n) is 10.2. The summed E-state index contributed by atoms with van der Waals surface area (Å²) in [6, 6.07) is 12.5. The smallest absolute Gasteiger partial charge is 0.427 e. The van der Waals surface area contributed by atoms with Crippen LogP contribution in [0.2, 0.25) is 0 Å². The molecule has 2 N–H and O–H groups in total. The maximum Gasteiger partial charge on any atom is 0.427 e. The summed E-state index contributed by atoms with van der Waals surface area (Å²) in [7, 11) is -4.70. The molecule has 0 saturated carbocycles. The normalized spacial score (nSPS) is 16.6. The van der Waals surface area contributed by atoms with Gasteiger partial charge in [0.15, 0.2) is 5.82 Å². The molecule has 174 valence electrons. The van der Waals surface area contributed by atoms with Crippen LogP contribution in [0, 0.1) is 12.7 Å². The zero-order valence-corrected chi connectivity index (χ0v) is 19.4. The molecule has 0 aliphatic carbocycles. The van der Waals surface area contributed by atoms with Crippen LogP contribution in [0.15, 0.2) is 58.3 Å². The molecule has 8 nitrogen and oxygen atoms in total. The number of nitrogens with zero attached hydrogens (tertiary/aromatic N) is 3. The van der Waals surface area contributed by atoms with Gasteiger partial charge >= 0.3 is 6.09 Å². The van der Waals surface area contributed by atoms with Crippen molar-refractivity contribution >= 4 is 39.0 Å². The summed E-state index contributed by atoms with van der Waals surface area (Å²) in [5.41, 5.74) is 3.50. The van der Waals surface area contributed by atoms with Crippen molar-refractivity contribution in [2.24, 2.45) is 0 Å². The molecule has 1 saturated heterocycles. The molecule has 1 atom stereocenters. The Morgan fingerprint density at radius 3 is 2.76 bits per heavy atom. The number of halogens is 1. The van der Waals surface area contributed by atoms with E-state index in [9.17, 15) is 22.7 Å². The van der Waals surface area contributed by atoms with E-state index in [0.717, 1.165) is 49.5 Å². The predicted octanol–water partition coefficient (Wildman–Crippen LogP) is 4.15. The van der Waals surface area contributed by atoms with Gasteiger partial charge in [-0.3, -0.25) is 4.90 Å². The number of anilines is 2. The van der Waals surface area contributed by atoms with Gasteiger partial charge in [0.2, 0.25) is 0 Å². The number of rotatable bonds is 7. The number of aromatic nitrogens is 1. The Balaban J connectivity index is 1.51. The molecule has 1 aliphatic rings. The second-order valence-corrected chi connectivity index (χ2v) is 10.3. The first-order valence-corrected chi connectivity index (χ1v) is 12.6. The highest BCUT2D eigenvalue weighted by Gasteiger charge is 2.35. The van der Waals surface area contributed by atoms with Gasteiger partial charge in [-0.05, 0) is 36.6 Å². The molecular weight excluding hydrogens is 467 g/mol. The number of aryl methyl sites for hydroxylation is 1. The number of nitrogens with one attached hydrogen (secondary N) is 1. The molecule has 33 heavy (non-hydrogen) atoms. The molecular formula is C22H23FN4O4S2. The number of benzene rings is 2. The minimum atomic E-state index is -4.70. The summed E-state index contributed by atoms with van der Waals surface area (Å²) in [6.45, 7) is 4.14. The van der Waals surface area contributed by atoms with E-state index in [4.69, 9.17) is 0 Å². The van der Waals surface area contributed by atoms with Crippen LogP contribution >= 0.6 is 11.3 Å². The Morgan fingerprint density at radius 2 is 2.09 bits per heavy atom. The number of hydrogen-bond donors (Lipinski definition) is 2. The lowest BCUT2D eigenvalue weighted by atomic mass is 10.1. The largest absolute Gasteiger partial charge is 0.464 e. The molecule has 1 fully saturated rings. The highest BCUT2D eigenvalue weighted by Crippen LogP contribution is 2.30. The maximum atomic E-state index is 15.0. The van der Waals surface area contributed by atoms with Crippen molar-refractivity contribution < 1.29 is 22.7 Å². The van der Waals surface area contributed by atoms with Crippen molar-refractivity contribution in [3.8, 4) is 0 Å². The van der Waals surface area contributed by atoms with Crippen LogP contribution in [0.25, 0.3) is 0 Å². The zero-order chi connectivity index (χ0) is 23.6. The number of sulfonamides is 1. The minimum Gasteiger partial charge on any atom is -0.464 e. The Morgan fingerprint density at radius 1 is 1.33 bits per heavy atom. The van der Waals surface area contributed by atoms with Crippen LogP contribution in [0.4, 0.5) is 20.7 Å². The summed E-state index contributed by atoms with van der Waals surface area (Å²) < 4.78 is 41.0. The van der Waals surface area contributed by atoms with E-state index >= 15 is 0 Å². The lowest BCUT2D eigenvalue weighted by Gasteiger charge is -2.21. The Kier molecular flexibility index (Phi) is 6.63. The molecule has 2 heterocycles. The molecule has 3 aromatic rings. The van der Waals surface area contributed by atoms with Crippen molar-refractivity contribution in [3.63, 3.8) is 0 Å². The number of hydrogen-bond acceptors (Lipinski definition) is 7. The number of thiazole rings is 1. The number of likely N-dealkylation sites (tertiary alicyclic amines) is 1. The average molecular weight is 491 g/mol. The standard InChI is InChI=1S/C22H23FN4O4S2/c1-15-9-20(33(30,31)27(22(28)29)21-13-32-14-24-21)18(23)10-19(15)25-17-7-8-26(12-17)11-16-5-3-2-4-6-16/h2-6,9-10,13-14,17,25H,7-8,11-12H2,1H3,(H,28,29). The zero-order valence-electron chi connectivity index (χ0n) is 17.8. The van der Waals surface area contributed by atoms with Crippen LogP contribution in [0.3, 0.4) is 0 Å². The van der Waals surface area contributed by atoms with E-state index in [1.165, 1.54) is 16.5 Å². The SMILES string of the molecule is Cc1cc(S(=O)(=O)N(C(=O)O)c2cscn2)c(F)cc1NC1CCN(Cc2ccccc2)C1. The predicted molar refractivity (Wildman–Crippen MR) is 125 cm³/mol. The second-order valence-electron chi connectivity index (χ2n) is 7.85. The van der Waals surface area contributed by atoms with Crippen molar-refractivity contribution in [1.82, 2.24) is 9.88 Å². The Labute approximate surface area is 195 Å². The summed E-state index contributed by atoms with van der Waals surface area (Å²) >= 11 is 1.04. The van der Waals surface area contributed by atoms with Crippen LogP contribution in [0.1, 0.15) is 17.5 Å². The molecule has 0 radical (unpaired) electrons. The topological polar surface area (TPSA) is 103 Å².